The van der Waals surface area contributed by atoms with Crippen molar-refractivity contribution in [3.05, 3.63) is 0 Å². The number of likely N-dealkylation sites (tertiary alicyclic amines) is 1. The van der Waals surface area contributed by atoms with Crippen molar-refractivity contribution < 1.29 is 4.74 Å². The van der Waals surface area contributed by atoms with Crippen molar-refractivity contribution in [2.24, 2.45) is 5.41 Å². The molecule has 1 saturated carbocycles. The average Bonchev–Trinajstić information content (AvgIpc) is 2.84. The molecule has 2 heterocycles. The lowest BCUT2D eigenvalue weighted by molar-refractivity contribution is -0.0117. The summed E-state index contributed by atoms with van der Waals surface area (Å²) in [5.41, 5.74) is 0.760. The van der Waals surface area contributed by atoms with Crippen molar-refractivity contribution in [1.29, 1.82) is 0 Å². The predicted octanol–water partition coefficient (Wildman–Crippen LogP) is 2.02. The molecule has 0 aromatic carbocycles. The number of hydrogen-bond donors (Lipinski definition) is 1. The summed E-state index contributed by atoms with van der Waals surface area (Å²) in [4.78, 5) is 2.64. The Morgan fingerprint density at radius 2 is 1.83 bits per heavy atom. The average molecular weight is 252 g/mol. The molecule has 1 spiro atoms. The van der Waals surface area contributed by atoms with E-state index in [1.54, 1.807) is 0 Å². The highest BCUT2D eigenvalue weighted by molar-refractivity contribution is 4.97. The van der Waals surface area contributed by atoms with E-state index in [2.05, 4.69) is 10.2 Å². The molecule has 3 fully saturated rings. The zero-order valence-corrected chi connectivity index (χ0v) is 11.6. The van der Waals surface area contributed by atoms with Gasteiger partial charge in [-0.1, -0.05) is 12.8 Å². The summed E-state index contributed by atoms with van der Waals surface area (Å²) in [6, 6.07) is 0. The van der Waals surface area contributed by atoms with Crippen LogP contribution in [0.2, 0.25) is 0 Å². The van der Waals surface area contributed by atoms with Crippen LogP contribution in [0.3, 0.4) is 0 Å². The normalized spacial score (nSPS) is 28.7. The minimum atomic E-state index is 0.531. The molecule has 0 amide bonds. The van der Waals surface area contributed by atoms with Gasteiger partial charge < -0.3 is 15.0 Å². The minimum absolute atomic E-state index is 0.531. The topological polar surface area (TPSA) is 24.5 Å². The molecule has 0 bridgehead atoms. The van der Waals surface area contributed by atoms with Crippen LogP contribution in [0.4, 0.5) is 0 Å². The first-order valence-corrected chi connectivity index (χ1v) is 7.91. The van der Waals surface area contributed by atoms with Crippen LogP contribution in [0.5, 0.6) is 0 Å². The monoisotopic (exact) mass is 252 g/mol. The molecule has 1 N–H and O–H groups in total. The van der Waals surface area contributed by atoms with Crippen molar-refractivity contribution >= 4 is 0 Å². The lowest BCUT2D eigenvalue weighted by Gasteiger charge is -2.48. The fourth-order valence-corrected chi connectivity index (χ4v) is 4.00. The van der Waals surface area contributed by atoms with E-state index < -0.39 is 0 Å². The van der Waals surface area contributed by atoms with Gasteiger partial charge >= 0.3 is 0 Å². The van der Waals surface area contributed by atoms with E-state index in [0.717, 1.165) is 25.1 Å². The maximum absolute atomic E-state index is 5.95. The van der Waals surface area contributed by atoms with Crippen LogP contribution in [-0.2, 0) is 4.74 Å². The molecule has 2 aliphatic heterocycles. The third-order valence-electron chi connectivity index (χ3n) is 5.04. The molecule has 3 heteroatoms. The largest absolute Gasteiger partial charge is 0.378 e. The van der Waals surface area contributed by atoms with E-state index in [1.165, 1.54) is 64.6 Å². The Hall–Kier alpha value is -0.120. The zero-order valence-electron chi connectivity index (χ0n) is 11.6. The third-order valence-corrected chi connectivity index (χ3v) is 5.04. The summed E-state index contributed by atoms with van der Waals surface area (Å²) < 4.78 is 5.95. The molecular formula is C15H28N2O. The second-order valence-corrected chi connectivity index (χ2v) is 6.59. The highest BCUT2D eigenvalue weighted by Gasteiger charge is 2.43. The van der Waals surface area contributed by atoms with Crippen LogP contribution in [0, 0.1) is 5.41 Å². The summed E-state index contributed by atoms with van der Waals surface area (Å²) in [5.74, 6) is 0. The molecule has 0 atom stereocenters. The summed E-state index contributed by atoms with van der Waals surface area (Å²) in [6.07, 6.45) is 10.1. The van der Waals surface area contributed by atoms with E-state index >= 15 is 0 Å². The van der Waals surface area contributed by atoms with Crippen molar-refractivity contribution in [3.63, 3.8) is 0 Å². The van der Waals surface area contributed by atoms with Crippen molar-refractivity contribution in [2.75, 3.05) is 39.3 Å². The fourth-order valence-electron chi connectivity index (χ4n) is 4.00. The predicted molar refractivity (Wildman–Crippen MR) is 73.8 cm³/mol. The lowest BCUT2D eigenvalue weighted by Crippen LogP contribution is -2.55. The van der Waals surface area contributed by atoms with Crippen LogP contribution >= 0.6 is 0 Å². The lowest BCUT2D eigenvalue weighted by atomic mass is 9.78. The molecule has 0 radical (unpaired) electrons. The van der Waals surface area contributed by atoms with Gasteiger partial charge in [0.1, 0.15) is 0 Å². The maximum atomic E-state index is 5.95. The van der Waals surface area contributed by atoms with Gasteiger partial charge in [0, 0.05) is 26.2 Å². The third kappa shape index (κ3) is 3.06. The van der Waals surface area contributed by atoms with Crippen LogP contribution in [0.15, 0.2) is 0 Å². The Kier molecular flexibility index (Phi) is 4.22. The number of ether oxygens (including phenoxy) is 1. The van der Waals surface area contributed by atoms with Gasteiger partial charge in [0.05, 0.1) is 6.10 Å². The smallest absolute Gasteiger partial charge is 0.0599 e. The van der Waals surface area contributed by atoms with Crippen LogP contribution in [0.1, 0.15) is 44.9 Å². The first-order chi connectivity index (χ1) is 8.86. The van der Waals surface area contributed by atoms with Gasteiger partial charge in [-0.25, -0.2) is 0 Å². The second kappa shape index (κ2) is 5.89. The van der Waals surface area contributed by atoms with Gasteiger partial charge in [-0.3, -0.25) is 0 Å². The Balaban J connectivity index is 1.23. The summed E-state index contributed by atoms with van der Waals surface area (Å²) in [6.45, 7) is 7.25. The first kappa shape index (κ1) is 12.9. The zero-order chi connectivity index (χ0) is 12.3. The quantitative estimate of drug-likeness (QED) is 0.758. The number of nitrogens with one attached hydrogen (secondary N) is 1. The summed E-state index contributed by atoms with van der Waals surface area (Å²) in [7, 11) is 0. The number of rotatable bonds is 5. The molecule has 0 unspecified atom stereocenters. The van der Waals surface area contributed by atoms with Gasteiger partial charge in [0.2, 0.25) is 0 Å². The Bertz CT molecular complexity index is 249. The van der Waals surface area contributed by atoms with Crippen molar-refractivity contribution in [2.45, 2.75) is 51.0 Å². The molecule has 3 rings (SSSR count). The summed E-state index contributed by atoms with van der Waals surface area (Å²) >= 11 is 0. The van der Waals surface area contributed by atoms with Gasteiger partial charge in [0.25, 0.3) is 0 Å². The molecule has 0 aromatic heterocycles. The van der Waals surface area contributed by atoms with E-state index in [1.807, 2.05) is 0 Å². The molecule has 2 saturated heterocycles. The number of piperidine rings is 1. The minimum Gasteiger partial charge on any atom is -0.378 e. The molecular weight excluding hydrogens is 224 g/mol. The number of hydrogen-bond acceptors (Lipinski definition) is 3. The van der Waals surface area contributed by atoms with Crippen LogP contribution < -0.4 is 5.32 Å². The fraction of sp³-hybridized carbons (Fsp3) is 1.00. The first-order valence-electron chi connectivity index (χ1n) is 7.91. The van der Waals surface area contributed by atoms with E-state index in [0.29, 0.717) is 6.10 Å². The Morgan fingerprint density at radius 1 is 1.11 bits per heavy atom. The molecule has 3 aliphatic rings. The van der Waals surface area contributed by atoms with Gasteiger partial charge in [-0.15, -0.1) is 0 Å². The van der Waals surface area contributed by atoms with Gasteiger partial charge in [-0.05, 0) is 50.6 Å². The van der Waals surface area contributed by atoms with Crippen LogP contribution in [-0.4, -0.2) is 50.3 Å². The molecule has 104 valence electrons. The molecule has 18 heavy (non-hydrogen) atoms. The number of nitrogens with zero attached hydrogens (tertiary/aromatic N) is 1. The molecule has 1 aliphatic carbocycles. The van der Waals surface area contributed by atoms with Gasteiger partial charge in [0.15, 0.2) is 0 Å². The van der Waals surface area contributed by atoms with Crippen molar-refractivity contribution in [3.8, 4) is 0 Å². The SMILES string of the molecule is C(COC1CCNCC1)CN1CC2(CCCC2)C1. The maximum Gasteiger partial charge on any atom is 0.0599 e. The second-order valence-electron chi connectivity index (χ2n) is 6.59. The van der Waals surface area contributed by atoms with Gasteiger partial charge in [-0.2, -0.15) is 0 Å². The highest BCUT2D eigenvalue weighted by Crippen LogP contribution is 2.45. The standard InChI is InChI=1S/C15H28N2O/c1-2-7-15(6-1)12-17(13-15)10-3-11-18-14-4-8-16-9-5-14/h14,16H,1-13H2. The Morgan fingerprint density at radius 3 is 2.56 bits per heavy atom. The molecule has 0 aromatic rings. The van der Waals surface area contributed by atoms with E-state index in [-0.39, 0.29) is 0 Å². The van der Waals surface area contributed by atoms with E-state index in [9.17, 15) is 0 Å². The summed E-state index contributed by atoms with van der Waals surface area (Å²) in [5, 5.41) is 3.38. The highest BCUT2D eigenvalue weighted by atomic mass is 16.5. The Labute approximate surface area is 111 Å². The van der Waals surface area contributed by atoms with Crippen molar-refractivity contribution in [1.82, 2.24) is 10.2 Å². The van der Waals surface area contributed by atoms with E-state index in [4.69, 9.17) is 4.74 Å². The molecule has 3 nitrogen and oxygen atoms in total. The van der Waals surface area contributed by atoms with Crippen LogP contribution in [0.25, 0.3) is 0 Å².